The lowest BCUT2D eigenvalue weighted by atomic mass is 10.1. The summed E-state index contributed by atoms with van der Waals surface area (Å²) in [5.74, 6) is 0.963. The summed E-state index contributed by atoms with van der Waals surface area (Å²) >= 11 is 0. The van der Waals surface area contributed by atoms with E-state index in [9.17, 15) is 4.79 Å². The van der Waals surface area contributed by atoms with E-state index >= 15 is 0 Å². The molecule has 2 amide bonds. The van der Waals surface area contributed by atoms with Crippen molar-refractivity contribution < 1.29 is 9.53 Å². The van der Waals surface area contributed by atoms with Gasteiger partial charge in [0.05, 0.1) is 24.5 Å². The summed E-state index contributed by atoms with van der Waals surface area (Å²) in [5.41, 5.74) is 3.30. The van der Waals surface area contributed by atoms with E-state index in [-0.39, 0.29) is 6.03 Å². The number of amides is 2. The van der Waals surface area contributed by atoms with Crippen LogP contribution in [0.3, 0.4) is 0 Å². The maximum Gasteiger partial charge on any atom is 0.317 e. The predicted molar refractivity (Wildman–Crippen MR) is 104 cm³/mol. The number of nitrogens with zero attached hydrogens (tertiary/aromatic N) is 4. The van der Waals surface area contributed by atoms with E-state index in [1.54, 1.807) is 14.1 Å². The summed E-state index contributed by atoms with van der Waals surface area (Å²) in [6.45, 7) is 6.76. The van der Waals surface area contributed by atoms with Gasteiger partial charge in [-0.2, -0.15) is 5.10 Å². The highest BCUT2D eigenvalue weighted by molar-refractivity contribution is 5.73. The minimum absolute atomic E-state index is 0.104. The van der Waals surface area contributed by atoms with Gasteiger partial charge in [-0.1, -0.05) is 18.2 Å². The number of fused-ring (bicyclic) bond motifs is 1. The molecule has 7 nitrogen and oxygen atoms in total. The van der Waals surface area contributed by atoms with Crippen molar-refractivity contribution in [3.05, 3.63) is 47.3 Å². The molecular formula is C20H29N5O2. The standard InChI is InChI=1S/C20H29N5O2/c1-4-27-19-9-6-5-8-16(19)14-24-10-7-11-25-18(15-24)12-17(22-25)13-21-20(26)23(2)3/h5-6,8-9,12H,4,7,10-11,13-15H2,1-3H3,(H,21,26). The van der Waals surface area contributed by atoms with Crippen molar-refractivity contribution in [2.45, 2.75) is 39.5 Å². The van der Waals surface area contributed by atoms with Crippen LogP contribution >= 0.6 is 0 Å². The van der Waals surface area contributed by atoms with Crippen molar-refractivity contribution in [3.63, 3.8) is 0 Å². The molecule has 0 bridgehead atoms. The molecule has 3 rings (SSSR count). The topological polar surface area (TPSA) is 62.6 Å². The molecule has 0 aliphatic carbocycles. The molecule has 1 aromatic heterocycles. The number of urea groups is 1. The highest BCUT2D eigenvalue weighted by Gasteiger charge is 2.18. The van der Waals surface area contributed by atoms with Gasteiger partial charge in [-0.3, -0.25) is 9.58 Å². The van der Waals surface area contributed by atoms with Crippen LogP contribution in [0.25, 0.3) is 0 Å². The fraction of sp³-hybridized carbons (Fsp3) is 0.500. The lowest BCUT2D eigenvalue weighted by molar-refractivity contribution is 0.217. The zero-order chi connectivity index (χ0) is 19.2. The van der Waals surface area contributed by atoms with E-state index in [0.29, 0.717) is 13.2 Å². The molecule has 0 unspecified atom stereocenters. The monoisotopic (exact) mass is 371 g/mol. The molecule has 7 heteroatoms. The number of para-hydroxylation sites is 1. The van der Waals surface area contributed by atoms with Gasteiger partial charge in [-0.15, -0.1) is 0 Å². The number of hydrogen-bond acceptors (Lipinski definition) is 4. The smallest absolute Gasteiger partial charge is 0.317 e. The third-order valence-electron chi connectivity index (χ3n) is 4.64. The summed E-state index contributed by atoms with van der Waals surface area (Å²) < 4.78 is 7.84. The molecule has 27 heavy (non-hydrogen) atoms. The molecule has 146 valence electrons. The van der Waals surface area contributed by atoms with Crippen molar-refractivity contribution in [3.8, 4) is 5.75 Å². The van der Waals surface area contributed by atoms with Crippen molar-refractivity contribution in [1.29, 1.82) is 0 Å². The second-order valence-corrected chi connectivity index (χ2v) is 7.01. The maximum absolute atomic E-state index is 11.7. The summed E-state index contributed by atoms with van der Waals surface area (Å²) in [6, 6.07) is 10.2. The average Bonchev–Trinajstić information content (AvgIpc) is 2.93. The van der Waals surface area contributed by atoms with Crippen LogP contribution in [0.2, 0.25) is 0 Å². The first-order chi connectivity index (χ1) is 13.1. The van der Waals surface area contributed by atoms with E-state index in [2.05, 4.69) is 38.2 Å². The van der Waals surface area contributed by atoms with E-state index in [1.807, 2.05) is 19.1 Å². The van der Waals surface area contributed by atoms with E-state index < -0.39 is 0 Å². The molecule has 0 saturated heterocycles. The number of benzene rings is 1. The molecule has 2 aromatic rings. The largest absolute Gasteiger partial charge is 0.494 e. The van der Waals surface area contributed by atoms with Gasteiger partial charge >= 0.3 is 6.03 Å². The van der Waals surface area contributed by atoms with Gasteiger partial charge in [-0.25, -0.2) is 4.79 Å². The van der Waals surface area contributed by atoms with Crippen molar-refractivity contribution >= 4 is 6.03 Å². The first-order valence-corrected chi connectivity index (χ1v) is 9.50. The molecule has 0 radical (unpaired) electrons. The zero-order valence-electron chi connectivity index (χ0n) is 16.4. The summed E-state index contributed by atoms with van der Waals surface area (Å²) in [4.78, 5) is 15.7. The number of carbonyl (C=O) groups is 1. The van der Waals surface area contributed by atoms with Gasteiger partial charge in [0.15, 0.2) is 0 Å². The van der Waals surface area contributed by atoms with E-state index in [1.165, 1.54) is 16.2 Å². The molecule has 0 spiro atoms. The molecular weight excluding hydrogens is 342 g/mol. The second-order valence-electron chi connectivity index (χ2n) is 7.01. The molecule has 2 heterocycles. The van der Waals surface area contributed by atoms with Crippen LogP contribution in [-0.4, -0.2) is 52.9 Å². The number of hydrogen-bond donors (Lipinski definition) is 1. The summed E-state index contributed by atoms with van der Waals surface area (Å²) in [5, 5.41) is 7.54. The lowest BCUT2D eigenvalue weighted by Crippen LogP contribution is -2.34. The summed E-state index contributed by atoms with van der Waals surface area (Å²) in [7, 11) is 3.46. The third kappa shape index (κ3) is 5.01. The SMILES string of the molecule is CCOc1ccccc1CN1CCCn2nc(CNC(=O)N(C)C)cc2C1. The number of ether oxygens (including phenoxy) is 1. The van der Waals surface area contributed by atoms with Crippen LogP contribution in [0.5, 0.6) is 5.75 Å². The Bertz CT molecular complexity index is 771. The maximum atomic E-state index is 11.7. The van der Waals surface area contributed by atoms with Crippen LogP contribution in [0.1, 0.15) is 30.3 Å². The van der Waals surface area contributed by atoms with Crippen molar-refractivity contribution in [1.82, 2.24) is 24.9 Å². The minimum atomic E-state index is -0.104. The van der Waals surface area contributed by atoms with Gasteiger partial charge in [0.2, 0.25) is 0 Å². The molecule has 1 N–H and O–H groups in total. The van der Waals surface area contributed by atoms with Crippen molar-refractivity contribution in [2.75, 3.05) is 27.2 Å². The Hall–Kier alpha value is -2.54. The Morgan fingerprint density at radius 1 is 1.30 bits per heavy atom. The minimum Gasteiger partial charge on any atom is -0.494 e. The summed E-state index contributed by atoms with van der Waals surface area (Å²) in [6.07, 6.45) is 1.05. The Balaban J connectivity index is 1.66. The van der Waals surface area contributed by atoms with Gasteiger partial charge in [0, 0.05) is 45.8 Å². The highest BCUT2D eigenvalue weighted by Crippen LogP contribution is 2.22. The highest BCUT2D eigenvalue weighted by atomic mass is 16.5. The Labute approximate surface area is 160 Å². The number of aromatic nitrogens is 2. The normalized spacial score (nSPS) is 14.3. The van der Waals surface area contributed by atoms with Gasteiger partial charge in [0.25, 0.3) is 0 Å². The number of nitrogens with one attached hydrogen (secondary N) is 1. The Morgan fingerprint density at radius 2 is 2.11 bits per heavy atom. The van der Waals surface area contributed by atoms with Crippen LogP contribution in [0.15, 0.2) is 30.3 Å². The predicted octanol–water partition coefficient (Wildman–Crippen LogP) is 2.46. The molecule has 1 aliphatic rings. The zero-order valence-corrected chi connectivity index (χ0v) is 16.4. The fourth-order valence-electron chi connectivity index (χ4n) is 3.31. The van der Waals surface area contributed by atoms with Crippen LogP contribution in [0, 0.1) is 0 Å². The van der Waals surface area contributed by atoms with Gasteiger partial charge < -0.3 is 15.0 Å². The first-order valence-electron chi connectivity index (χ1n) is 9.50. The van der Waals surface area contributed by atoms with Gasteiger partial charge in [0.1, 0.15) is 5.75 Å². The number of rotatable bonds is 6. The van der Waals surface area contributed by atoms with Crippen molar-refractivity contribution in [2.24, 2.45) is 0 Å². The number of aryl methyl sites for hydroxylation is 1. The molecule has 0 atom stereocenters. The molecule has 1 aliphatic heterocycles. The Kier molecular flexibility index (Phi) is 6.34. The van der Waals surface area contributed by atoms with Gasteiger partial charge in [-0.05, 0) is 25.5 Å². The van der Waals surface area contributed by atoms with Crippen LogP contribution in [0.4, 0.5) is 4.79 Å². The first kappa shape index (κ1) is 19.2. The average molecular weight is 371 g/mol. The molecule has 0 fully saturated rings. The van der Waals surface area contributed by atoms with E-state index in [0.717, 1.165) is 44.0 Å². The van der Waals surface area contributed by atoms with Crippen LogP contribution < -0.4 is 10.1 Å². The number of carbonyl (C=O) groups excluding carboxylic acids is 1. The molecule has 1 aromatic carbocycles. The quantitative estimate of drug-likeness (QED) is 0.847. The van der Waals surface area contributed by atoms with E-state index in [4.69, 9.17) is 4.74 Å². The van der Waals surface area contributed by atoms with Crippen LogP contribution in [-0.2, 0) is 26.2 Å². The molecule has 0 saturated carbocycles. The second kappa shape index (κ2) is 8.90. The Morgan fingerprint density at radius 3 is 2.89 bits per heavy atom. The lowest BCUT2D eigenvalue weighted by Gasteiger charge is -2.21. The fourth-order valence-corrected chi connectivity index (χ4v) is 3.31. The third-order valence-corrected chi connectivity index (χ3v) is 4.64.